The average Bonchev–Trinajstić information content (AvgIpc) is 3.29. The van der Waals surface area contributed by atoms with Gasteiger partial charge in [-0.05, 0) is 60.7 Å². The Balaban J connectivity index is 1.50. The smallest absolute Gasteiger partial charge is 0.261 e. The minimum absolute atomic E-state index is 0.0285. The highest BCUT2D eigenvalue weighted by Gasteiger charge is 2.17. The lowest BCUT2D eigenvalue weighted by molar-refractivity contribution is 0.102. The molecule has 0 aliphatic heterocycles. The van der Waals surface area contributed by atoms with Gasteiger partial charge in [-0.1, -0.05) is 23.7 Å². The van der Waals surface area contributed by atoms with E-state index in [0.29, 0.717) is 16.4 Å². The zero-order chi connectivity index (χ0) is 21.8. The van der Waals surface area contributed by atoms with E-state index in [2.05, 4.69) is 15.0 Å². The number of thiazole rings is 1. The van der Waals surface area contributed by atoms with Gasteiger partial charge in [0.15, 0.2) is 0 Å². The van der Waals surface area contributed by atoms with Crippen molar-refractivity contribution >= 4 is 50.2 Å². The summed E-state index contributed by atoms with van der Waals surface area (Å²) < 4.78 is 27.9. The first kappa shape index (κ1) is 21.0. The van der Waals surface area contributed by atoms with E-state index in [-0.39, 0.29) is 10.5 Å². The third kappa shape index (κ3) is 5.11. The maximum atomic E-state index is 12.7. The van der Waals surface area contributed by atoms with Crippen molar-refractivity contribution in [1.29, 1.82) is 0 Å². The molecule has 0 saturated carbocycles. The van der Waals surface area contributed by atoms with Gasteiger partial charge in [0.2, 0.25) is 0 Å². The average molecular weight is 470 g/mol. The number of halogens is 1. The Bertz CT molecular complexity index is 1320. The molecule has 0 atom stereocenters. The minimum atomic E-state index is -3.88. The predicted molar refractivity (Wildman–Crippen MR) is 124 cm³/mol. The fraction of sp³-hybridized carbons (Fsp3) is 0. The molecule has 4 aromatic rings. The second kappa shape index (κ2) is 8.89. The number of sulfonamides is 1. The molecule has 0 aliphatic carbocycles. The van der Waals surface area contributed by atoms with Crippen LogP contribution in [-0.4, -0.2) is 19.3 Å². The molecule has 9 heteroatoms. The molecule has 0 bridgehead atoms. The molecule has 156 valence electrons. The third-order valence-electron chi connectivity index (χ3n) is 4.31. The molecule has 1 aromatic heterocycles. The number of nitrogens with zero attached hydrogens (tertiary/aromatic N) is 1. The van der Waals surface area contributed by atoms with Gasteiger partial charge in [0.05, 0.1) is 10.6 Å². The number of hydrogen-bond acceptors (Lipinski definition) is 5. The number of carbonyl (C=O) groups is 1. The van der Waals surface area contributed by atoms with Crippen LogP contribution in [-0.2, 0) is 10.0 Å². The normalized spacial score (nSPS) is 11.1. The lowest BCUT2D eigenvalue weighted by Gasteiger charge is -2.10. The van der Waals surface area contributed by atoms with Gasteiger partial charge in [-0.2, -0.15) is 0 Å². The van der Waals surface area contributed by atoms with E-state index in [0.717, 1.165) is 10.6 Å². The molecule has 0 saturated heterocycles. The molecule has 31 heavy (non-hydrogen) atoms. The van der Waals surface area contributed by atoms with Crippen molar-refractivity contribution in [3.8, 4) is 10.6 Å². The summed E-state index contributed by atoms with van der Waals surface area (Å²) in [5.74, 6) is -0.415. The van der Waals surface area contributed by atoms with Crippen LogP contribution in [0, 0.1) is 0 Å². The Morgan fingerprint density at radius 3 is 2.42 bits per heavy atom. The van der Waals surface area contributed by atoms with Crippen LogP contribution in [0.15, 0.2) is 89.3 Å². The molecule has 0 fully saturated rings. The van der Waals surface area contributed by atoms with Crippen LogP contribution in [0.25, 0.3) is 10.6 Å². The molecule has 6 nitrogen and oxygen atoms in total. The van der Waals surface area contributed by atoms with Crippen LogP contribution in [0.2, 0.25) is 5.02 Å². The quantitative estimate of drug-likeness (QED) is 0.389. The highest BCUT2D eigenvalue weighted by molar-refractivity contribution is 7.92. The predicted octanol–water partition coefficient (Wildman–Crippen LogP) is 5.52. The Kier molecular flexibility index (Phi) is 6.03. The van der Waals surface area contributed by atoms with E-state index in [1.54, 1.807) is 42.6 Å². The van der Waals surface area contributed by atoms with E-state index in [1.807, 2.05) is 17.5 Å². The Labute approximate surface area is 188 Å². The zero-order valence-electron chi connectivity index (χ0n) is 15.9. The number of hydrogen-bond donors (Lipinski definition) is 2. The summed E-state index contributed by atoms with van der Waals surface area (Å²) in [5.41, 5.74) is 2.10. The highest BCUT2D eigenvalue weighted by Crippen LogP contribution is 2.24. The van der Waals surface area contributed by atoms with Crippen LogP contribution in [0.1, 0.15) is 10.4 Å². The highest BCUT2D eigenvalue weighted by atomic mass is 35.5. The number of benzene rings is 3. The maximum absolute atomic E-state index is 12.7. The number of aromatic nitrogens is 1. The number of carbonyl (C=O) groups excluding carboxylic acids is 1. The van der Waals surface area contributed by atoms with E-state index in [9.17, 15) is 13.2 Å². The van der Waals surface area contributed by atoms with Crippen molar-refractivity contribution in [1.82, 2.24) is 4.98 Å². The van der Waals surface area contributed by atoms with Crippen LogP contribution >= 0.6 is 22.9 Å². The van der Waals surface area contributed by atoms with Crippen molar-refractivity contribution in [2.75, 3.05) is 10.0 Å². The number of rotatable bonds is 6. The van der Waals surface area contributed by atoms with E-state index in [1.165, 1.54) is 35.6 Å². The fourth-order valence-corrected chi connectivity index (χ4v) is 4.77. The summed E-state index contributed by atoms with van der Waals surface area (Å²) in [7, 11) is -3.88. The molecule has 2 N–H and O–H groups in total. The second-order valence-corrected chi connectivity index (χ2v) is 9.53. The van der Waals surface area contributed by atoms with Gasteiger partial charge >= 0.3 is 0 Å². The lowest BCUT2D eigenvalue weighted by Crippen LogP contribution is -2.16. The molecule has 1 amide bonds. The van der Waals surface area contributed by atoms with Gasteiger partial charge in [0.1, 0.15) is 5.01 Å². The summed E-state index contributed by atoms with van der Waals surface area (Å²) in [5, 5.41) is 5.98. The topological polar surface area (TPSA) is 88.2 Å². The van der Waals surface area contributed by atoms with Crippen LogP contribution in [0.3, 0.4) is 0 Å². The van der Waals surface area contributed by atoms with E-state index < -0.39 is 15.9 Å². The van der Waals surface area contributed by atoms with Crippen LogP contribution < -0.4 is 10.0 Å². The van der Waals surface area contributed by atoms with E-state index in [4.69, 9.17) is 11.6 Å². The van der Waals surface area contributed by atoms with Crippen molar-refractivity contribution in [3.63, 3.8) is 0 Å². The lowest BCUT2D eigenvalue weighted by atomic mass is 10.2. The van der Waals surface area contributed by atoms with Gasteiger partial charge in [-0.15, -0.1) is 11.3 Å². The SMILES string of the molecule is O=C(Nc1ccc(-c2nccs2)cc1)c1cccc(S(=O)(=O)Nc2cccc(Cl)c2)c1. The van der Waals surface area contributed by atoms with Crippen molar-refractivity contribution in [3.05, 3.63) is 95.0 Å². The summed E-state index contributed by atoms with van der Waals surface area (Å²) in [6, 6.07) is 19.5. The molecule has 4 rings (SSSR count). The largest absolute Gasteiger partial charge is 0.322 e. The van der Waals surface area contributed by atoms with Gasteiger partial charge in [0.25, 0.3) is 15.9 Å². The Morgan fingerprint density at radius 2 is 1.71 bits per heavy atom. The molecular weight excluding hydrogens is 454 g/mol. The molecule has 0 unspecified atom stereocenters. The summed E-state index contributed by atoms with van der Waals surface area (Å²) in [6.45, 7) is 0. The summed E-state index contributed by atoms with van der Waals surface area (Å²) in [4.78, 5) is 16.9. The second-order valence-electron chi connectivity index (χ2n) is 6.51. The fourth-order valence-electron chi connectivity index (χ4n) is 2.84. The first-order valence-corrected chi connectivity index (χ1v) is 11.8. The van der Waals surface area contributed by atoms with Crippen molar-refractivity contribution < 1.29 is 13.2 Å². The van der Waals surface area contributed by atoms with Gasteiger partial charge < -0.3 is 5.32 Å². The monoisotopic (exact) mass is 469 g/mol. The third-order valence-corrected chi connectivity index (χ3v) is 6.74. The molecular formula is C22H16ClN3O3S2. The van der Waals surface area contributed by atoms with Crippen LogP contribution in [0.4, 0.5) is 11.4 Å². The molecule has 0 aliphatic rings. The zero-order valence-corrected chi connectivity index (χ0v) is 18.3. The minimum Gasteiger partial charge on any atom is -0.322 e. The van der Waals surface area contributed by atoms with Gasteiger partial charge in [0, 0.05) is 33.4 Å². The van der Waals surface area contributed by atoms with Gasteiger partial charge in [-0.3, -0.25) is 9.52 Å². The molecule has 1 heterocycles. The van der Waals surface area contributed by atoms with Gasteiger partial charge in [-0.25, -0.2) is 13.4 Å². The summed E-state index contributed by atoms with van der Waals surface area (Å²) in [6.07, 6.45) is 1.73. The Morgan fingerprint density at radius 1 is 0.935 bits per heavy atom. The number of amides is 1. The summed E-state index contributed by atoms with van der Waals surface area (Å²) >= 11 is 7.44. The molecule has 3 aromatic carbocycles. The first-order chi connectivity index (χ1) is 14.9. The van der Waals surface area contributed by atoms with Crippen LogP contribution in [0.5, 0.6) is 0 Å². The standard InChI is InChI=1S/C22H16ClN3O3S2/c23-17-4-2-5-19(14-17)26-31(28,29)20-6-1-3-16(13-20)21(27)25-18-9-7-15(8-10-18)22-24-11-12-30-22/h1-14,26H,(H,25,27). The van der Waals surface area contributed by atoms with Crippen molar-refractivity contribution in [2.24, 2.45) is 0 Å². The number of nitrogens with one attached hydrogen (secondary N) is 2. The molecule has 0 radical (unpaired) electrons. The van der Waals surface area contributed by atoms with E-state index >= 15 is 0 Å². The van der Waals surface area contributed by atoms with Crippen molar-refractivity contribution in [2.45, 2.75) is 4.90 Å². The first-order valence-electron chi connectivity index (χ1n) is 9.10. The molecule has 0 spiro atoms. The maximum Gasteiger partial charge on any atom is 0.261 e. The number of anilines is 2. The Hall–Kier alpha value is -3.20.